The molecule has 0 aliphatic heterocycles. The summed E-state index contributed by atoms with van der Waals surface area (Å²) in [5.41, 5.74) is 0.760. The predicted molar refractivity (Wildman–Crippen MR) is 73.2 cm³/mol. The molecule has 0 amide bonds. The zero-order valence-corrected chi connectivity index (χ0v) is 11.2. The first-order valence-corrected chi connectivity index (χ1v) is 6.51. The second kappa shape index (κ2) is 7.15. The second-order valence-electron chi connectivity index (χ2n) is 4.62. The van der Waals surface area contributed by atoms with Crippen LogP contribution in [0.15, 0.2) is 30.3 Å². The number of rotatable bonds is 7. The molecule has 1 aromatic carbocycles. The van der Waals surface area contributed by atoms with Gasteiger partial charge in [-0.25, -0.2) is 0 Å². The molecule has 0 bridgehead atoms. The molecule has 0 saturated carbocycles. The summed E-state index contributed by atoms with van der Waals surface area (Å²) in [7, 11) is 0. The maximum atomic E-state index is 9.49. The number of hydrogen-bond acceptors (Lipinski definition) is 3. The van der Waals surface area contributed by atoms with Crippen molar-refractivity contribution in [1.82, 2.24) is 5.32 Å². The van der Waals surface area contributed by atoms with Gasteiger partial charge in [-0.2, -0.15) is 5.26 Å². The summed E-state index contributed by atoms with van der Waals surface area (Å²) in [6.07, 6.45) is 1.71. The number of aliphatic hydroxyl groups is 1. The van der Waals surface area contributed by atoms with Crippen LogP contribution in [0.3, 0.4) is 0 Å². The van der Waals surface area contributed by atoms with Gasteiger partial charge in [0.2, 0.25) is 0 Å². The third-order valence-corrected chi connectivity index (χ3v) is 3.70. The molecule has 2 N–H and O–H groups in total. The number of nitrogens with one attached hydrogen (secondary N) is 1. The standard InChI is InChI=1S/C15H22N2O/c1-3-15(4-2,12-18)17-11-14(10-16)13-8-6-5-7-9-13/h5-9,14,17-18H,3-4,11-12H2,1-2H3. The Morgan fingerprint density at radius 3 is 2.33 bits per heavy atom. The molecule has 0 aliphatic carbocycles. The van der Waals surface area contributed by atoms with Crippen molar-refractivity contribution in [2.45, 2.75) is 38.1 Å². The molecule has 0 saturated heterocycles. The largest absolute Gasteiger partial charge is 0.394 e. The Bertz CT molecular complexity index is 371. The maximum absolute atomic E-state index is 9.49. The lowest BCUT2D eigenvalue weighted by Gasteiger charge is -2.31. The van der Waals surface area contributed by atoms with Gasteiger partial charge < -0.3 is 10.4 Å². The Balaban J connectivity index is 2.69. The number of nitriles is 1. The fourth-order valence-electron chi connectivity index (χ4n) is 2.02. The number of nitrogens with zero attached hydrogens (tertiary/aromatic N) is 1. The highest BCUT2D eigenvalue weighted by Crippen LogP contribution is 2.18. The number of aliphatic hydroxyl groups excluding tert-OH is 1. The van der Waals surface area contributed by atoms with Crippen molar-refractivity contribution in [2.75, 3.05) is 13.2 Å². The first-order valence-electron chi connectivity index (χ1n) is 6.51. The molecule has 0 radical (unpaired) electrons. The maximum Gasteiger partial charge on any atom is 0.0837 e. The lowest BCUT2D eigenvalue weighted by atomic mass is 9.92. The van der Waals surface area contributed by atoms with Crippen LogP contribution in [-0.4, -0.2) is 23.8 Å². The minimum Gasteiger partial charge on any atom is -0.394 e. The Morgan fingerprint density at radius 1 is 1.28 bits per heavy atom. The van der Waals surface area contributed by atoms with Crippen molar-refractivity contribution in [1.29, 1.82) is 5.26 Å². The predicted octanol–water partition coefficient (Wildman–Crippen LogP) is 2.43. The van der Waals surface area contributed by atoms with Gasteiger partial charge in [-0.15, -0.1) is 0 Å². The molecular weight excluding hydrogens is 224 g/mol. The summed E-state index contributed by atoms with van der Waals surface area (Å²) in [4.78, 5) is 0. The second-order valence-corrected chi connectivity index (χ2v) is 4.62. The molecule has 0 fully saturated rings. The van der Waals surface area contributed by atoms with Crippen molar-refractivity contribution >= 4 is 0 Å². The molecule has 1 atom stereocenters. The van der Waals surface area contributed by atoms with E-state index in [2.05, 4.69) is 25.2 Å². The van der Waals surface area contributed by atoms with E-state index in [0.29, 0.717) is 6.54 Å². The molecule has 3 heteroatoms. The van der Waals surface area contributed by atoms with Gasteiger partial charge in [-0.1, -0.05) is 44.2 Å². The van der Waals surface area contributed by atoms with Gasteiger partial charge in [0.25, 0.3) is 0 Å². The van der Waals surface area contributed by atoms with Crippen molar-refractivity contribution < 1.29 is 5.11 Å². The molecule has 1 aromatic rings. The molecule has 0 aromatic heterocycles. The van der Waals surface area contributed by atoms with Crippen molar-refractivity contribution in [3.05, 3.63) is 35.9 Å². The van der Waals surface area contributed by atoms with Crippen LogP contribution in [0.25, 0.3) is 0 Å². The van der Waals surface area contributed by atoms with Gasteiger partial charge in [0.1, 0.15) is 0 Å². The van der Waals surface area contributed by atoms with Gasteiger partial charge >= 0.3 is 0 Å². The third kappa shape index (κ3) is 3.56. The van der Waals surface area contributed by atoms with Crippen LogP contribution in [0.2, 0.25) is 0 Å². The van der Waals surface area contributed by atoms with E-state index in [-0.39, 0.29) is 18.1 Å². The lowest BCUT2D eigenvalue weighted by molar-refractivity contribution is 0.150. The topological polar surface area (TPSA) is 56.0 Å². The van der Waals surface area contributed by atoms with E-state index in [9.17, 15) is 10.4 Å². The van der Waals surface area contributed by atoms with Crippen molar-refractivity contribution in [2.24, 2.45) is 0 Å². The Hall–Kier alpha value is -1.37. The highest BCUT2D eigenvalue weighted by Gasteiger charge is 2.25. The van der Waals surface area contributed by atoms with Crippen LogP contribution in [0.1, 0.15) is 38.2 Å². The molecule has 18 heavy (non-hydrogen) atoms. The summed E-state index contributed by atoms with van der Waals surface area (Å²) in [5, 5.41) is 22.1. The van der Waals surface area contributed by atoms with Gasteiger partial charge in [-0.05, 0) is 18.4 Å². The SMILES string of the molecule is CCC(CC)(CO)NCC(C#N)c1ccccc1. The van der Waals surface area contributed by atoms with Gasteiger partial charge in [0.15, 0.2) is 0 Å². The zero-order valence-electron chi connectivity index (χ0n) is 11.2. The summed E-state index contributed by atoms with van der Waals surface area (Å²) >= 11 is 0. The summed E-state index contributed by atoms with van der Waals surface area (Å²) in [5.74, 6) is -0.171. The first-order chi connectivity index (χ1) is 8.71. The monoisotopic (exact) mass is 246 g/mol. The van der Waals surface area contributed by atoms with Crippen LogP contribution in [0, 0.1) is 11.3 Å². The smallest absolute Gasteiger partial charge is 0.0837 e. The highest BCUT2D eigenvalue weighted by atomic mass is 16.3. The zero-order chi connectivity index (χ0) is 13.4. The average Bonchev–Trinajstić information content (AvgIpc) is 2.45. The number of hydrogen-bond donors (Lipinski definition) is 2. The third-order valence-electron chi connectivity index (χ3n) is 3.70. The number of benzene rings is 1. The van der Waals surface area contributed by atoms with E-state index in [1.165, 1.54) is 0 Å². The van der Waals surface area contributed by atoms with E-state index in [4.69, 9.17) is 0 Å². The molecule has 1 unspecified atom stereocenters. The van der Waals surface area contributed by atoms with Crippen LogP contribution >= 0.6 is 0 Å². The summed E-state index contributed by atoms with van der Waals surface area (Å²) in [6.45, 7) is 4.78. The molecule has 98 valence electrons. The van der Waals surface area contributed by atoms with Gasteiger partial charge in [0, 0.05) is 12.1 Å². The van der Waals surface area contributed by atoms with Gasteiger partial charge in [-0.3, -0.25) is 0 Å². The molecule has 0 heterocycles. The van der Waals surface area contributed by atoms with Gasteiger partial charge in [0.05, 0.1) is 18.6 Å². The van der Waals surface area contributed by atoms with Crippen LogP contribution in [-0.2, 0) is 0 Å². The molecule has 3 nitrogen and oxygen atoms in total. The fraction of sp³-hybridized carbons (Fsp3) is 0.533. The molecule has 0 spiro atoms. The lowest BCUT2D eigenvalue weighted by Crippen LogP contribution is -2.48. The quantitative estimate of drug-likeness (QED) is 0.777. The normalized spacial score (nSPS) is 13.0. The van der Waals surface area contributed by atoms with E-state index >= 15 is 0 Å². The van der Waals surface area contributed by atoms with Crippen LogP contribution < -0.4 is 5.32 Å². The molecule has 0 aliphatic rings. The highest BCUT2D eigenvalue weighted by molar-refractivity contribution is 5.25. The van der Waals surface area contributed by atoms with E-state index in [1.807, 2.05) is 30.3 Å². The molecular formula is C15H22N2O. The van der Waals surface area contributed by atoms with E-state index in [0.717, 1.165) is 18.4 Å². The van der Waals surface area contributed by atoms with Crippen molar-refractivity contribution in [3.8, 4) is 6.07 Å². The van der Waals surface area contributed by atoms with Crippen molar-refractivity contribution in [3.63, 3.8) is 0 Å². The first kappa shape index (κ1) is 14.7. The summed E-state index contributed by atoms with van der Waals surface area (Å²) in [6, 6.07) is 12.1. The minimum absolute atomic E-state index is 0.104. The van der Waals surface area contributed by atoms with Crippen LogP contribution in [0.4, 0.5) is 0 Å². The Labute approximate surface area is 109 Å². The minimum atomic E-state index is -0.260. The van der Waals surface area contributed by atoms with E-state index in [1.54, 1.807) is 0 Å². The van der Waals surface area contributed by atoms with E-state index < -0.39 is 0 Å². The Kier molecular flexibility index (Phi) is 5.84. The average molecular weight is 246 g/mol. The summed E-state index contributed by atoms with van der Waals surface area (Å²) < 4.78 is 0. The Morgan fingerprint density at radius 2 is 1.89 bits per heavy atom. The fourth-order valence-corrected chi connectivity index (χ4v) is 2.02. The molecule has 1 rings (SSSR count). The van der Waals surface area contributed by atoms with Crippen LogP contribution in [0.5, 0.6) is 0 Å².